The maximum atomic E-state index is 13.1. The van der Waals surface area contributed by atoms with E-state index in [1.807, 2.05) is 0 Å². The highest BCUT2D eigenvalue weighted by atomic mass is 32.2. The summed E-state index contributed by atoms with van der Waals surface area (Å²) in [6.07, 6.45) is 2.18. The van der Waals surface area contributed by atoms with Crippen molar-refractivity contribution in [3.05, 3.63) is 65.5 Å². The first-order chi connectivity index (χ1) is 14.1. The van der Waals surface area contributed by atoms with E-state index in [-0.39, 0.29) is 24.3 Å². The number of hydrogen-bond acceptors (Lipinski definition) is 4. The van der Waals surface area contributed by atoms with Gasteiger partial charge in [-0.1, -0.05) is 12.1 Å². The van der Waals surface area contributed by atoms with Gasteiger partial charge in [-0.05, 0) is 54.8 Å². The van der Waals surface area contributed by atoms with Crippen molar-refractivity contribution in [3.63, 3.8) is 0 Å². The summed E-state index contributed by atoms with van der Waals surface area (Å²) in [7, 11) is -3.59. The molecule has 0 aromatic heterocycles. The molecule has 9 heteroatoms. The number of amides is 2. The molecule has 1 saturated heterocycles. The number of carbonyl (C=O) groups excluding carboxylic acids is 2. The van der Waals surface area contributed by atoms with Crippen molar-refractivity contribution in [2.24, 2.45) is 11.7 Å². The molecule has 2 N–H and O–H groups in total. The van der Waals surface area contributed by atoms with Crippen molar-refractivity contribution >= 4 is 27.5 Å². The number of primary amides is 1. The van der Waals surface area contributed by atoms with Gasteiger partial charge in [0.05, 0.1) is 18.5 Å². The predicted molar refractivity (Wildman–Crippen MR) is 112 cm³/mol. The summed E-state index contributed by atoms with van der Waals surface area (Å²) >= 11 is 0. The molecule has 1 heterocycles. The zero-order chi connectivity index (χ0) is 21.9. The molecule has 2 aromatic rings. The summed E-state index contributed by atoms with van der Waals surface area (Å²) in [4.78, 5) is 25.7. The Kier molecular flexibility index (Phi) is 6.40. The molecule has 1 fully saturated rings. The number of rotatable bonds is 6. The van der Waals surface area contributed by atoms with Crippen LogP contribution < -0.4 is 10.0 Å². The van der Waals surface area contributed by atoms with Crippen LogP contribution in [0.5, 0.6) is 0 Å². The number of benzene rings is 2. The standard InChI is InChI=1S/C21H24FN3O4S/c1-30(28,29)25(14-15-2-6-18(22)7-3-15)19-8-4-17(5-9-19)21(27)24-12-10-16(11-13-24)20(23)26/h2-9,16H,10-14H2,1H3,(H2,23,26). The van der Waals surface area contributed by atoms with E-state index >= 15 is 0 Å². The van der Waals surface area contributed by atoms with Gasteiger partial charge in [-0.2, -0.15) is 0 Å². The monoisotopic (exact) mass is 433 g/mol. The highest BCUT2D eigenvalue weighted by Gasteiger charge is 2.26. The van der Waals surface area contributed by atoms with Gasteiger partial charge in [-0.3, -0.25) is 13.9 Å². The van der Waals surface area contributed by atoms with Crippen LogP contribution in [0, 0.1) is 11.7 Å². The molecule has 7 nitrogen and oxygen atoms in total. The minimum atomic E-state index is -3.59. The van der Waals surface area contributed by atoms with Crippen LogP contribution in [0.1, 0.15) is 28.8 Å². The van der Waals surface area contributed by atoms with Crippen LogP contribution in [-0.2, 0) is 21.4 Å². The highest BCUT2D eigenvalue weighted by molar-refractivity contribution is 7.92. The number of nitrogens with two attached hydrogens (primary N) is 1. The average molecular weight is 434 g/mol. The third-order valence-electron chi connectivity index (χ3n) is 5.23. The summed E-state index contributed by atoms with van der Waals surface area (Å²) in [6.45, 7) is 0.954. The van der Waals surface area contributed by atoms with E-state index < -0.39 is 15.8 Å². The maximum Gasteiger partial charge on any atom is 0.253 e. The van der Waals surface area contributed by atoms with E-state index in [9.17, 15) is 22.4 Å². The second kappa shape index (κ2) is 8.83. The van der Waals surface area contributed by atoms with Crippen LogP contribution >= 0.6 is 0 Å². The van der Waals surface area contributed by atoms with E-state index in [0.717, 1.165) is 6.26 Å². The number of carbonyl (C=O) groups is 2. The SMILES string of the molecule is CS(=O)(=O)N(Cc1ccc(F)cc1)c1ccc(C(=O)N2CCC(C(N)=O)CC2)cc1. The summed E-state index contributed by atoms with van der Waals surface area (Å²) in [5.74, 6) is -1.11. The van der Waals surface area contributed by atoms with Crippen LogP contribution in [0.25, 0.3) is 0 Å². The van der Waals surface area contributed by atoms with Gasteiger partial charge >= 0.3 is 0 Å². The summed E-state index contributed by atoms with van der Waals surface area (Å²) in [5, 5.41) is 0. The van der Waals surface area contributed by atoms with Gasteiger partial charge in [0.2, 0.25) is 15.9 Å². The fourth-order valence-corrected chi connectivity index (χ4v) is 4.36. The number of likely N-dealkylation sites (tertiary alicyclic amines) is 1. The Morgan fingerprint density at radius 3 is 2.13 bits per heavy atom. The Balaban J connectivity index is 1.74. The second-order valence-corrected chi connectivity index (χ2v) is 9.32. The molecular weight excluding hydrogens is 409 g/mol. The molecule has 0 bridgehead atoms. The van der Waals surface area contributed by atoms with Gasteiger partial charge in [0.15, 0.2) is 0 Å². The lowest BCUT2D eigenvalue weighted by Crippen LogP contribution is -2.41. The lowest BCUT2D eigenvalue weighted by atomic mass is 9.96. The molecule has 160 valence electrons. The van der Waals surface area contributed by atoms with Crippen LogP contribution in [0.2, 0.25) is 0 Å². The average Bonchev–Trinajstić information content (AvgIpc) is 2.72. The van der Waals surface area contributed by atoms with Gasteiger partial charge < -0.3 is 10.6 Å². The molecule has 2 aromatic carbocycles. The smallest absolute Gasteiger partial charge is 0.253 e. The maximum absolute atomic E-state index is 13.1. The Morgan fingerprint density at radius 2 is 1.63 bits per heavy atom. The molecule has 1 aliphatic rings. The first-order valence-electron chi connectivity index (χ1n) is 9.56. The number of halogens is 1. The molecular formula is C21H24FN3O4S. The van der Waals surface area contributed by atoms with Crippen LogP contribution in [0.4, 0.5) is 10.1 Å². The van der Waals surface area contributed by atoms with Crippen molar-refractivity contribution in [1.29, 1.82) is 0 Å². The molecule has 0 spiro atoms. The first-order valence-corrected chi connectivity index (χ1v) is 11.4. The fraction of sp³-hybridized carbons (Fsp3) is 0.333. The van der Waals surface area contributed by atoms with E-state index in [4.69, 9.17) is 5.73 Å². The third kappa shape index (κ3) is 5.15. The van der Waals surface area contributed by atoms with Crippen LogP contribution in [0.3, 0.4) is 0 Å². The molecule has 0 atom stereocenters. The number of nitrogens with zero attached hydrogens (tertiary/aromatic N) is 2. The van der Waals surface area contributed by atoms with Gasteiger partial charge in [0, 0.05) is 24.6 Å². The summed E-state index contributed by atoms with van der Waals surface area (Å²) in [5.41, 5.74) is 6.81. The summed E-state index contributed by atoms with van der Waals surface area (Å²) in [6, 6.07) is 11.9. The van der Waals surface area contributed by atoms with Gasteiger partial charge in [0.25, 0.3) is 5.91 Å². The number of hydrogen-bond donors (Lipinski definition) is 1. The Bertz CT molecular complexity index is 1020. The molecule has 2 amide bonds. The van der Waals surface area contributed by atoms with Crippen molar-refractivity contribution in [2.45, 2.75) is 19.4 Å². The number of piperidine rings is 1. The Hall–Kier alpha value is -2.94. The lowest BCUT2D eigenvalue weighted by molar-refractivity contribution is -0.123. The van der Waals surface area contributed by atoms with Crippen LogP contribution in [-0.4, -0.2) is 44.5 Å². The molecule has 0 unspecified atom stereocenters. The minimum Gasteiger partial charge on any atom is -0.369 e. The predicted octanol–water partition coefficient (Wildman–Crippen LogP) is 2.13. The lowest BCUT2D eigenvalue weighted by Gasteiger charge is -2.30. The van der Waals surface area contributed by atoms with Crippen molar-refractivity contribution < 1.29 is 22.4 Å². The Morgan fingerprint density at radius 1 is 1.07 bits per heavy atom. The first kappa shape index (κ1) is 21.8. The van der Waals surface area contributed by atoms with Crippen molar-refractivity contribution in [1.82, 2.24) is 4.90 Å². The van der Waals surface area contributed by atoms with Gasteiger partial charge in [-0.25, -0.2) is 12.8 Å². The van der Waals surface area contributed by atoms with E-state index in [2.05, 4.69) is 0 Å². The van der Waals surface area contributed by atoms with E-state index in [1.54, 1.807) is 29.2 Å². The van der Waals surface area contributed by atoms with Crippen LogP contribution in [0.15, 0.2) is 48.5 Å². The quantitative estimate of drug-likeness (QED) is 0.754. The molecule has 30 heavy (non-hydrogen) atoms. The van der Waals surface area contributed by atoms with Gasteiger partial charge in [0.1, 0.15) is 5.82 Å². The number of sulfonamides is 1. The summed E-state index contributed by atoms with van der Waals surface area (Å²) < 4.78 is 38.9. The normalized spacial score (nSPS) is 15.1. The van der Waals surface area contributed by atoms with Gasteiger partial charge in [-0.15, -0.1) is 0 Å². The number of anilines is 1. The molecule has 0 radical (unpaired) electrons. The van der Waals surface area contributed by atoms with E-state index in [1.165, 1.54) is 28.6 Å². The molecule has 0 saturated carbocycles. The third-order valence-corrected chi connectivity index (χ3v) is 6.37. The second-order valence-electron chi connectivity index (χ2n) is 7.41. The van der Waals surface area contributed by atoms with Crippen molar-refractivity contribution in [2.75, 3.05) is 23.7 Å². The molecule has 1 aliphatic heterocycles. The highest BCUT2D eigenvalue weighted by Crippen LogP contribution is 2.23. The topological polar surface area (TPSA) is 101 Å². The van der Waals surface area contributed by atoms with Crippen molar-refractivity contribution in [3.8, 4) is 0 Å². The largest absolute Gasteiger partial charge is 0.369 e. The minimum absolute atomic E-state index is 0.0486. The Labute approximate surface area is 175 Å². The van der Waals surface area contributed by atoms with E-state index in [0.29, 0.717) is 42.7 Å². The molecule has 3 rings (SSSR count). The zero-order valence-corrected chi connectivity index (χ0v) is 17.4. The molecule has 0 aliphatic carbocycles. The fourth-order valence-electron chi connectivity index (χ4n) is 3.48. The zero-order valence-electron chi connectivity index (χ0n) is 16.6.